The SMILES string of the molecule is C=CCN(c1ccc(C)cc1)S(=O)(=O)c1ccc(C(F)(F)F)cc1. The molecule has 0 saturated carbocycles. The second-order valence-electron chi connectivity index (χ2n) is 5.18. The Morgan fingerprint density at radius 2 is 1.58 bits per heavy atom. The molecule has 0 aromatic heterocycles. The number of halogens is 3. The van der Waals surface area contributed by atoms with Gasteiger partial charge >= 0.3 is 6.18 Å². The minimum absolute atomic E-state index is 0.00637. The molecule has 128 valence electrons. The van der Waals surface area contributed by atoms with Crippen LogP contribution in [0, 0.1) is 6.92 Å². The lowest BCUT2D eigenvalue weighted by Crippen LogP contribution is -2.31. The van der Waals surface area contributed by atoms with E-state index < -0.39 is 21.8 Å². The van der Waals surface area contributed by atoms with E-state index >= 15 is 0 Å². The zero-order chi connectivity index (χ0) is 18.0. The van der Waals surface area contributed by atoms with E-state index in [0.29, 0.717) is 5.69 Å². The molecule has 0 aliphatic carbocycles. The van der Waals surface area contributed by atoms with Crippen LogP contribution >= 0.6 is 0 Å². The van der Waals surface area contributed by atoms with E-state index in [2.05, 4.69) is 6.58 Å². The summed E-state index contributed by atoms with van der Waals surface area (Å²) >= 11 is 0. The van der Waals surface area contributed by atoms with Crippen LogP contribution in [0.4, 0.5) is 18.9 Å². The molecular formula is C17H16F3NO2S. The predicted molar refractivity (Wildman–Crippen MR) is 87.4 cm³/mol. The zero-order valence-electron chi connectivity index (χ0n) is 12.9. The maximum atomic E-state index is 12.8. The molecule has 0 saturated heterocycles. The standard InChI is InChI=1S/C17H16F3NO2S/c1-3-12-21(15-8-4-13(2)5-9-15)24(22,23)16-10-6-14(7-11-16)17(18,19)20/h3-11H,1,12H2,2H3. The van der Waals surface area contributed by atoms with Gasteiger partial charge in [0.2, 0.25) is 0 Å². The summed E-state index contributed by atoms with van der Waals surface area (Å²) in [5.41, 5.74) is 0.483. The fourth-order valence-corrected chi connectivity index (χ4v) is 3.55. The molecule has 2 aromatic carbocycles. The number of hydrogen-bond donors (Lipinski definition) is 0. The van der Waals surface area contributed by atoms with Crippen molar-refractivity contribution in [2.75, 3.05) is 10.8 Å². The number of anilines is 1. The summed E-state index contributed by atoms with van der Waals surface area (Å²) in [7, 11) is -4.00. The van der Waals surface area contributed by atoms with Crippen molar-refractivity contribution in [2.45, 2.75) is 18.0 Å². The molecule has 0 heterocycles. The first-order valence-electron chi connectivity index (χ1n) is 7.04. The molecule has 0 bridgehead atoms. The summed E-state index contributed by atoms with van der Waals surface area (Å²) in [5.74, 6) is 0. The Morgan fingerprint density at radius 1 is 1.04 bits per heavy atom. The average molecular weight is 355 g/mol. The summed E-state index contributed by atoms with van der Waals surface area (Å²) in [6.45, 7) is 5.42. The Kier molecular flexibility index (Phi) is 5.03. The molecule has 0 atom stereocenters. The van der Waals surface area contributed by atoms with Gasteiger partial charge in [0.15, 0.2) is 0 Å². The molecule has 0 aliphatic heterocycles. The van der Waals surface area contributed by atoms with Gasteiger partial charge in [0.1, 0.15) is 0 Å². The topological polar surface area (TPSA) is 37.4 Å². The highest BCUT2D eigenvalue weighted by atomic mass is 32.2. The van der Waals surface area contributed by atoms with Gasteiger partial charge in [-0.2, -0.15) is 13.2 Å². The van der Waals surface area contributed by atoms with Gasteiger partial charge in [-0.15, -0.1) is 6.58 Å². The molecule has 24 heavy (non-hydrogen) atoms. The third kappa shape index (κ3) is 3.79. The minimum atomic E-state index is -4.51. The number of hydrogen-bond acceptors (Lipinski definition) is 2. The monoisotopic (exact) mass is 355 g/mol. The Hall–Kier alpha value is -2.28. The van der Waals surface area contributed by atoms with Crippen molar-refractivity contribution in [3.63, 3.8) is 0 Å². The molecular weight excluding hydrogens is 339 g/mol. The molecule has 0 spiro atoms. The van der Waals surface area contributed by atoms with Crippen molar-refractivity contribution in [1.29, 1.82) is 0 Å². The van der Waals surface area contributed by atoms with Crippen LogP contribution in [0.3, 0.4) is 0 Å². The lowest BCUT2D eigenvalue weighted by Gasteiger charge is -2.23. The van der Waals surface area contributed by atoms with Crippen LogP contribution in [-0.2, 0) is 16.2 Å². The molecule has 2 rings (SSSR count). The van der Waals surface area contributed by atoms with Crippen molar-refractivity contribution in [1.82, 2.24) is 0 Å². The molecule has 7 heteroatoms. The van der Waals surface area contributed by atoms with Crippen molar-refractivity contribution in [3.8, 4) is 0 Å². The number of nitrogens with zero attached hydrogens (tertiary/aromatic N) is 1. The van der Waals surface area contributed by atoms with Crippen LogP contribution < -0.4 is 4.31 Å². The van der Waals surface area contributed by atoms with Crippen LogP contribution in [0.2, 0.25) is 0 Å². The smallest absolute Gasteiger partial charge is 0.263 e. The van der Waals surface area contributed by atoms with Crippen LogP contribution in [0.15, 0.2) is 66.1 Å². The summed E-state index contributed by atoms with van der Waals surface area (Å²) in [6.07, 6.45) is -3.10. The number of sulfonamides is 1. The predicted octanol–water partition coefficient (Wildman–Crippen LogP) is 4.40. The van der Waals surface area contributed by atoms with E-state index in [-0.39, 0.29) is 11.4 Å². The second kappa shape index (κ2) is 6.68. The quantitative estimate of drug-likeness (QED) is 0.746. The van der Waals surface area contributed by atoms with Crippen LogP contribution in [0.25, 0.3) is 0 Å². The summed E-state index contributed by atoms with van der Waals surface area (Å²) in [6, 6.07) is 10.2. The van der Waals surface area contributed by atoms with Gasteiger partial charge < -0.3 is 0 Å². The number of alkyl halides is 3. The molecule has 0 aliphatic rings. The highest BCUT2D eigenvalue weighted by Crippen LogP contribution is 2.31. The van der Waals surface area contributed by atoms with Crippen molar-refractivity contribution in [3.05, 3.63) is 72.3 Å². The third-order valence-corrected chi connectivity index (χ3v) is 5.19. The molecule has 0 unspecified atom stereocenters. The number of aryl methyl sites for hydroxylation is 1. The third-order valence-electron chi connectivity index (χ3n) is 3.39. The molecule has 2 aromatic rings. The molecule has 0 amide bonds. The molecule has 0 radical (unpaired) electrons. The molecule has 3 nitrogen and oxygen atoms in total. The summed E-state index contributed by atoms with van der Waals surface area (Å²) in [4.78, 5) is -0.210. The van der Waals surface area contributed by atoms with Crippen molar-refractivity contribution < 1.29 is 21.6 Å². The van der Waals surface area contributed by atoms with Crippen molar-refractivity contribution >= 4 is 15.7 Å². The van der Waals surface area contributed by atoms with Crippen LogP contribution in [0.5, 0.6) is 0 Å². The number of rotatable bonds is 5. The van der Waals surface area contributed by atoms with Crippen LogP contribution in [-0.4, -0.2) is 15.0 Å². The maximum absolute atomic E-state index is 12.8. The Morgan fingerprint density at radius 3 is 2.04 bits per heavy atom. The summed E-state index contributed by atoms with van der Waals surface area (Å²) in [5, 5.41) is 0. The second-order valence-corrected chi connectivity index (χ2v) is 7.04. The van der Waals surface area contributed by atoms with E-state index in [0.717, 1.165) is 34.1 Å². The minimum Gasteiger partial charge on any atom is -0.263 e. The highest BCUT2D eigenvalue weighted by Gasteiger charge is 2.31. The van der Waals surface area contributed by atoms with Gasteiger partial charge in [-0.05, 0) is 43.3 Å². The Balaban J connectivity index is 2.45. The average Bonchev–Trinajstić information content (AvgIpc) is 2.53. The lowest BCUT2D eigenvalue weighted by atomic mass is 10.2. The first-order valence-corrected chi connectivity index (χ1v) is 8.48. The van der Waals surface area contributed by atoms with E-state index in [1.807, 2.05) is 6.92 Å². The fourth-order valence-electron chi connectivity index (χ4n) is 2.11. The zero-order valence-corrected chi connectivity index (χ0v) is 13.7. The van der Waals surface area contributed by atoms with Gasteiger partial charge in [0.25, 0.3) is 10.0 Å². The molecule has 0 fully saturated rings. The maximum Gasteiger partial charge on any atom is 0.416 e. The first-order chi connectivity index (χ1) is 11.2. The fraction of sp³-hybridized carbons (Fsp3) is 0.176. The van der Waals surface area contributed by atoms with Gasteiger partial charge in [-0.1, -0.05) is 23.8 Å². The largest absolute Gasteiger partial charge is 0.416 e. The van der Waals surface area contributed by atoms with Crippen molar-refractivity contribution in [2.24, 2.45) is 0 Å². The van der Waals surface area contributed by atoms with E-state index in [1.165, 1.54) is 6.08 Å². The molecule has 0 N–H and O–H groups in total. The first kappa shape index (κ1) is 18.1. The Bertz CT molecular complexity index is 810. The van der Waals surface area contributed by atoms with Gasteiger partial charge in [0, 0.05) is 0 Å². The van der Waals surface area contributed by atoms with E-state index in [4.69, 9.17) is 0 Å². The van der Waals surface area contributed by atoms with Gasteiger partial charge in [-0.25, -0.2) is 8.42 Å². The van der Waals surface area contributed by atoms with E-state index in [9.17, 15) is 21.6 Å². The lowest BCUT2D eigenvalue weighted by molar-refractivity contribution is -0.137. The highest BCUT2D eigenvalue weighted by molar-refractivity contribution is 7.92. The van der Waals surface area contributed by atoms with Gasteiger partial charge in [0.05, 0.1) is 22.7 Å². The summed E-state index contributed by atoms with van der Waals surface area (Å²) < 4.78 is 64.5. The number of benzene rings is 2. The van der Waals surface area contributed by atoms with Crippen LogP contribution in [0.1, 0.15) is 11.1 Å². The van der Waals surface area contributed by atoms with Gasteiger partial charge in [-0.3, -0.25) is 4.31 Å². The van der Waals surface area contributed by atoms with E-state index in [1.54, 1.807) is 24.3 Å². The Labute approximate surface area is 139 Å². The normalized spacial score (nSPS) is 12.0.